The van der Waals surface area contributed by atoms with Crippen LogP contribution in [0.25, 0.3) is 15.9 Å². The van der Waals surface area contributed by atoms with Gasteiger partial charge >= 0.3 is 0 Å². The van der Waals surface area contributed by atoms with Crippen LogP contribution in [0.3, 0.4) is 0 Å². The zero-order valence-corrected chi connectivity index (χ0v) is 15.1. The van der Waals surface area contributed by atoms with Gasteiger partial charge in [-0.05, 0) is 43.4 Å². The lowest BCUT2D eigenvalue weighted by Crippen LogP contribution is -2.02. The summed E-state index contributed by atoms with van der Waals surface area (Å²) in [4.78, 5) is 11.8. The Hall–Kier alpha value is -2.19. The first kappa shape index (κ1) is 15.1. The van der Waals surface area contributed by atoms with Crippen molar-refractivity contribution in [3.05, 3.63) is 40.7 Å². The number of pyridine rings is 1. The quantitative estimate of drug-likeness (QED) is 0.558. The van der Waals surface area contributed by atoms with Gasteiger partial charge in [-0.2, -0.15) is 0 Å². The average Bonchev–Trinajstić information content (AvgIpc) is 3.21. The van der Waals surface area contributed by atoms with E-state index in [1.807, 2.05) is 28.8 Å². The topological polar surface area (TPSA) is 82.0 Å². The molecule has 0 aromatic carbocycles. The third kappa shape index (κ3) is 2.56. The molecule has 6 nitrogen and oxygen atoms in total. The molecule has 8 heteroatoms. The number of aryl methyl sites for hydroxylation is 2. The Labute approximate surface area is 152 Å². The number of rotatable bonds is 3. The molecule has 0 radical (unpaired) electrons. The minimum atomic E-state index is 0.617. The lowest BCUT2D eigenvalue weighted by Gasteiger charge is -2.10. The van der Waals surface area contributed by atoms with Gasteiger partial charge in [0.05, 0.1) is 11.1 Å². The molecule has 4 aromatic rings. The van der Waals surface area contributed by atoms with Crippen molar-refractivity contribution >= 4 is 44.8 Å². The van der Waals surface area contributed by atoms with E-state index < -0.39 is 0 Å². The highest BCUT2D eigenvalue weighted by molar-refractivity contribution is 7.98. The summed E-state index contributed by atoms with van der Waals surface area (Å²) < 4.78 is 1.97. The summed E-state index contributed by atoms with van der Waals surface area (Å²) in [6, 6.07) is 5.86. The first-order valence-electron chi connectivity index (χ1n) is 8.29. The highest BCUT2D eigenvalue weighted by atomic mass is 32.2. The Morgan fingerprint density at radius 2 is 2.08 bits per heavy atom. The smallest absolute Gasteiger partial charge is 0.196 e. The van der Waals surface area contributed by atoms with E-state index in [9.17, 15) is 0 Å². The SMILES string of the molecule is Nc1nc(CSc2nnc3ccccn23)nc2sc3c(c12)CCCC3. The number of thiophene rings is 1. The van der Waals surface area contributed by atoms with Crippen molar-refractivity contribution in [2.24, 2.45) is 0 Å². The standard InChI is InChI=1S/C17H16N6S2/c18-15-14-10-5-1-2-6-11(10)25-16(14)20-12(19-15)9-24-17-22-21-13-7-3-4-8-23(13)17/h3-4,7-8H,1-2,5-6,9H2,(H2,18,19,20). The Morgan fingerprint density at radius 1 is 1.16 bits per heavy atom. The average molecular weight is 368 g/mol. The molecular formula is C17H16N6S2. The number of nitrogens with two attached hydrogens (primary N) is 1. The Bertz CT molecular complexity index is 1080. The van der Waals surface area contributed by atoms with E-state index in [1.54, 1.807) is 23.1 Å². The first-order chi connectivity index (χ1) is 12.3. The Morgan fingerprint density at radius 3 is 3.04 bits per heavy atom. The minimum absolute atomic E-state index is 0.617. The molecule has 0 amide bonds. The minimum Gasteiger partial charge on any atom is -0.383 e. The van der Waals surface area contributed by atoms with Crippen LogP contribution in [0.15, 0.2) is 29.6 Å². The number of hydrogen-bond acceptors (Lipinski definition) is 7. The fourth-order valence-electron chi connectivity index (χ4n) is 3.34. The summed E-state index contributed by atoms with van der Waals surface area (Å²) in [5, 5.41) is 10.3. The highest BCUT2D eigenvalue weighted by Crippen LogP contribution is 2.38. The molecule has 25 heavy (non-hydrogen) atoms. The predicted molar refractivity (Wildman–Crippen MR) is 101 cm³/mol. The van der Waals surface area contributed by atoms with E-state index in [1.165, 1.54) is 23.3 Å². The molecule has 0 atom stereocenters. The van der Waals surface area contributed by atoms with Crippen molar-refractivity contribution in [2.45, 2.75) is 36.6 Å². The second-order valence-corrected chi connectivity index (χ2v) is 8.14. The van der Waals surface area contributed by atoms with Gasteiger partial charge in [0, 0.05) is 11.1 Å². The molecule has 4 heterocycles. The van der Waals surface area contributed by atoms with Crippen LogP contribution in [0.4, 0.5) is 5.82 Å². The fourth-order valence-corrected chi connectivity index (χ4v) is 5.41. The van der Waals surface area contributed by atoms with Crippen LogP contribution in [0, 0.1) is 0 Å². The normalized spacial score (nSPS) is 14.2. The molecule has 2 N–H and O–H groups in total. The number of fused-ring (bicyclic) bond motifs is 4. The van der Waals surface area contributed by atoms with Gasteiger partial charge < -0.3 is 5.73 Å². The summed E-state index contributed by atoms with van der Waals surface area (Å²) in [7, 11) is 0. The maximum Gasteiger partial charge on any atom is 0.196 e. The number of anilines is 1. The second-order valence-electron chi connectivity index (χ2n) is 6.12. The third-order valence-corrected chi connectivity index (χ3v) is 6.63. The molecule has 0 unspecified atom stereocenters. The van der Waals surface area contributed by atoms with Gasteiger partial charge in [0.2, 0.25) is 0 Å². The molecule has 0 bridgehead atoms. The maximum atomic E-state index is 6.28. The number of hydrogen-bond donors (Lipinski definition) is 1. The second kappa shape index (κ2) is 5.96. The van der Waals surface area contributed by atoms with Crippen molar-refractivity contribution in [2.75, 3.05) is 5.73 Å². The lowest BCUT2D eigenvalue weighted by atomic mass is 9.97. The van der Waals surface area contributed by atoms with Gasteiger partial charge in [-0.15, -0.1) is 21.5 Å². The molecule has 4 aromatic heterocycles. The maximum absolute atomic E-state index is 6.28. The van der Waals surface area contributed by atoms with E-state index in [0.29, 0.717) is 11.6 Å². The monoisotopic (exact) mass is 368 g/mol. The molecule has 1 aliphatic carbocycles. The van der Waals surface area contributed by atoms with E-state index in [0.717, 1.165) is 39.7 Å². The summed E-state index contributed by atoms with van der Waals surface area (Å²) in [6.45, 7) is 0. The van der Waals surface area contributed by atoms with Crippen LogP contribution in [-0.4, -0.2) is 24.6 Å². The van der Waals surface area contributed by atoms with Crippen molar-refractivity contribution < 1.29 is 0 Å². The van der Waals surface area contributed by atoms with E-state index >= 15 is 0 Å². The molecule has 0 saturated heterocycles. The van der Waals surface area contributed by atoms with Crippen LogP contribution < -0.4 is 5.73 Å². The summed E-state index contributed by atoms with van der Waals surface area (Å²) >= 11 is 3.36. The van der Waals surface area contributed by atoms with Crippen LogP contribution >= 0.6 is 23.1 Å². The molecule has 5 rings (SSSR count). The van der Waals surface area contributed by atoms with Gasteiger partial charge in [-0.1, -0.05) is 17.8 Å². The molecule has 126 valence electrons. The Kier molecular flexibility index (Phi) is 3.60. The molecular weight excluding hydrogens is 352 g/mol. The van der Waals surface area contributed by atoms with Crippen molar-refractivity contribution in [1.29, 1.82) is 0 Å². The lowest BCUT2D eigenvalue weighted by molar-refractivity contribution is 0.700. The highest BCUT2D eigenvalue weighted by Gasteiger charge is 2.20. The summed E-state index contributed by atoms with van der Waals surface area (Å²) in [5.74, 6) is 1.99. The largest absolute Gasteiger partial charge is 0.383 e. The van der Waals surface area contributed by atoms with Gasteiger partial charge in [0.15, 0.2) is 10.8 Å². The van der Waals surface area contributed by atoms with Crippen molar-refractivity contribution in [3.8, 4) is 0 Å². The van der Waals surface area contributed by atoms with Crippen LogP contribution in [-0.2, 0) is 18.6 Å². The molecule has 0 fully saturated rings. The third-order valence-electron chi connectivity index (χ3n) is 4.50. The van der Waals surface area contributed by atoms with E-state index in [4.69, 9.17) is 10.7 Å². The van der Waals surface area contributed by atoms with Gasteiger partial charge in [0.1, 0.15) is 16.5 Å². The first-order valence-corrected chi connectivity index (χ1v) is 10.1. The Balaban J connectivity index is 1.47. The van der Waals surface area contributed by atoms with Gasteiger partial charge in [-0.3, -0.25) is 4.40 Å². The van der Waals surface area contributed by atoms with Crippen LogP contribution in [0.1, 0.15) is 29.1 Å². The van der Waals surface area contributed by atoms with Gasteiger partial charge in [0.25, 0.3) is 0 Å². The van der Waals surface area contributed by atoms with E-state index in [2.05, 4.69) is 15.2 Å². The summed E-state index contributed by atoms with van der Waals surface area (Å²) in [5.41, 5.74) is 8.50. The molecule has 0 aliphatic heterocycles. The fraction of sp³-hybridized carbons (Fsp3) is 0.294. The predicted octanol–water partition coefficient (Wildman–Crippen LogP) is 3.49. The van der Waals surface area contributed by atoms with Crippen LogP contribution in [0.5, 0.6) is 0 Å². The number of aromatic nitrogens is 5. The van der Waals surface area contributed by atoms with E-state index in [-0.39, 0.29) is 0 Å². The number of thioether (sulfide) groups is 1. The van der Waals surface area contributed by atoms with Crippen molar-refractivity contribution in [1.82, 2.24) is 24.6 Å². The van der Waals surface area contributed by atoms with Crippen molar-refractivity contribution in [3.63, 3.8) is 0 Å². The molecule has 1 aliphatic rings. The number of nitrogen functional groups attached to an aromatic ring is 1. The molecule has 0 saturated carbocycles. The zero-order chi connectivity index (χ0) is 16.8. The van der Waals surface area contributed by atoms with Crippen LogP contribution in [0.2, 0.25) is 0 Å². The molecule has 0 spiro atoms. The zero-order valence-electron chi connectivity index (χ0n) is 13.5. The summed E-state index contributed by atoms with van der Waals surface area (Å²) in [6.07, 6.45) is 6.70. The number of nitrogens with zero attached hydrogens (tertiary/aromatic N) is 5. The van der Waals surface area contributed by atoms with Gasteiger partial charge in [-0.25, -0.2) is 9.97 Å².